The third-order valence-electron chi connectivity index (χ3n) is 7.70. The molecule has 0 aromatic heterocycles. The van der Waals surface area contributed by atoms with Gasteiger partial charge in [0.1, 0.15) is 0 Å². The molecule has 3 aromatic carbocycles. The molecule has 0 N–H and O–H groups in total. The first-order chi connectivity index (χ1) is 16.8. The van der Waals surface area contributed by atoms with Crippen molar-refractivity contribution in [2.45, 2.75) is 47.0 Å². The maximum absolute atomic E-state index is 8.19. The van der Waals surface area contributed by atoms with Crippen LogP contribution in [-0.2, 0) is 0 Å². The maximum atomic E-state index is 8.19. The van der Waals surface area contributed by atoms with Gasteiger partial charge in [0.05, 0.1) is 0 Å². The van der Waals surface area contributed by atoms with Gasteiger partial charge >= 0.3 is 218 Å². The molecule has 0 spiro atoms. The quantitative estimate of drug-likeness (QED) is 0.225. The number of hydrogen-bond donors (Lipinski definition) is 0. The van der Waals surface area contributed by atoms with Crippen molar-refractivity contribution in [1.82, 2.24) is 0 Å². The second-order valence-electron chi connectivity index (χ2n) is 10.6. The van der Waals surface area contributed by atoms with Crippen LogP contribution in [-0.4, -0.2) is 6.16 Å². The molecular weight excluding hydrogens is 463 g/mol. The number of halogens is 1. The van der Waals surface area contributed by atoms with Gasteiger partial charge in [-0.15, -0.1) is 0 Å². The Balaban J connectivity index is 1.84. The molecule has 3 aromatic rings. The second-order valence-corrected chi connectivity index (χ2v) is 17.1. The average molecular weight is 501 g/mol. The fourth-order valence-corrected chi connectivity index (χ4v) is 11.3. The van der Waals surface area contributed by atoms with Crippen LogP contribution in [0, 0.1) is 5.41 Å². The van der Waals surface area contributed by atoms with E-state index in [1.54, 1.807) is 0 Å². The van der Waals surface area contributed by atoms with Crippen molar-refractivity contribution >= 4 is 33.1 Å². The van der Waals surface area contributed by atoms with Crippen LogP contribution < -0.4 is 15.9 Å². The zero-order valence-corrected chi connectivity index (χ0v) is 23.2. The zero-order valence-electron chi connectivity index (χ0n) is 21.5. The predicted molar refractivity (Wildman–Crippen MR) is 159 cm³/mol. The van der Waals surface area contributed by atoms with Gasteiger partial charge in [0.15, 0.2) is 0 Å². The van der Waals surface area contributed by atoms with E-state index in [2.05, 4.69) is 137 Å². The molecule has 0 heterocycles. The van der Waals surface area contributed by atoms with Gasteiger partial charge in [-0.3, -0.25) is 0 Å². The van der Waals surface area contributed by atoms with Crippen LogP contribution >= 0.6 is 17.2 Å². The molecule has 0 unspecified atom stereocenters. The molecule has 0 aliphatic heterocycles. The summed E-state index contributed by atoms with van der Waals surface area (Å²) in [4.78, 5) is 0. The van der Waals surface area contributed by atoms with E-state index in [1.807, 2.05) is 0 Å². The molecule has 0 saturated heterocycles. The normalized spacial score (nSPS) is 17.9. The Labute approximate surface area is 217 Å². The van der Waals surface area contributed by atoms with Gasteiger partial charge in [0.2, 0.25) is 0 Å². The van der Waals surface area contributed by atoms with E-state index >= 15 is 0 Å². The van der Waals surface area contributed by atoms with Gasteiger partial charge in [-0.2, -0.15) is 0 Å². The fourth-order valence-electron chi connectivity index (χ4n) is 5.59. The molecule has 0 bridgehead atoms. The molecular formula is C33H38ClP. The van der Waals surface area contributed by atoms with Gasteiger partial charge in [-0.05, 0) is 0 Å². The molecule has 0 fully saturated rings. The summed E-state index contributed by atoms with van der Waals surface area (Å²) in [6.45, 7) is 9.26. The molecule has 0 amide bonds. The summed E-state index contributed by atoms with van der Waals surface area (Å²) >= 11 is 8.19. The van der Waals surface area contributed by atoms with Crippen LogP contribution in [0.5, 0.6) is 0 Å². The molecule has 0 saturated carbocycles. The first-order valence-corrected chi connectivity index (χ1v) is 16.0. The van der Waals surface area contributed by atoms with Crippen molar-refractivity contribution in [3.05, 3.63) is 126 Å². The standard InChI is InChI=1S/C33H38ClP/c1-27(22-23-32-28(2)15-14-25-33(32,3)4)24-26-35(34,29-16-8-5-9-17-29,30-18-10-6-11-19-30)31-20-12-7-13-21-31/h5-13,16-24H,14-15,25-26H2,1-4H3. The Morgan fingerprint density at radius 1 is 0.829 bits per heavy atom. The molecule has 182 valence electrons. The average Bonchev–Trinajstić information content (AvgIpc) is 2.88. The predicted octanol–water partition coefficient (Wildman–Crippen LogP) is 8.70. The van der Waals surface area contributed by atoms with Crippen molar-refractivity contribution in [1.29, 1.82) is 0 Å². The van der Waals surface area contributed by atoms with E-state index in [1.165, 1.54) is 51.9 Å². The summed E-state index contributed by atoms with van der Waals surface area (Å²) in [6, 6.07) is 32.2. The minimum atomic E-state index is -3.26. The molecule has 0 radical (unpaired) electrons. The van der Waals surface area contributed by atoms with Crippen molar-refractivity contribution in [3.8, 4) is 0 Å². The summed E-state index contributed by atoms with van der Waals surface area (Å²) in [5.41, 5.74) is 4.52. The molecule has 1 aliphatic carbocycles. The van der Waals surface area contributed by atoms with E-state index in [-0.39, 0.29) is 5.41 Å². The Bertz CT molecular complexity index is 1130. The van der Waals surface area contributed by atoms with Crippen LogP contribution in [0.25, 0.3) is 0 Å². The van der Waals surface area contributed by atoms with Crippen LogP contribution in [0.3, 0.4) is 0 Å². The van der Waals surface area contributed by atoms with Crippen molar-refractivity contribution < 1.29 is 0 Å². The van der Waals surface area contributed by atoms with Crippen molar-refractivity contribution in [3.63, 3.8) is 0 Å². The van der Waals surface area contributed by atoms with E-state index in [0.29, 0.717) is 0 Å². The van der Waals surface area contributed by atoms with Gasteiger partial charge in [0, 0.05) is 0 Å². The molecule has 1 aliphatic rings. The topological polar surface area (TPSA) is 0 Å². The van der Waals surface area contributed by atoms with Crippen LogP contribution in [0.15, 0.2) is 126 Å². The number of hydrogen-bond acceptors (Lipinski definition) is 0. The summed E-state index contributed by atoms with van der Waals surface area (Å²) in [6.07, 6.45) is 11.5. The summed E-state index contributed by atoms with van der Waals surface area (Å²) in [5, 5.41) is 3.62. The SMILES string of the molecule is CC(C=CC1=C(C)CCCC1(C)C)=CCP(Cl)(c1ccccc1)(c1ccccc1)c1ccccc1. The summed E-state index contributed by atoms with van der Waals surface area (Å²) < 4.78 is 0. The number of rotatable bonds is 7. The molecule has 0 nitrogen and oxygen atoms in total. The van der Waals surface area contributed by atoms with Crippen LogP contribution in [0.1, 0.15) is 47.0 Å². The van der Waals surface area contributed by atoms with Gasteiger partial charge in [-0.1, -0.05) is 0 Å². The third-order valence-corrected chi connectivity index (χ3v) is 14.9. The van der Waals surface area contributed by atoms with Crippen molar-refractivity contribution in [2.75, 3.05) is 6.16 Å². The minimum absolute atomic E-state index is 0.239. The zero-order chi connectivity index (χ0) is 25.0. The fraction of sp³-hybridized carbons (Fsp3) is 0.273. The Hall–Kier alpha value is -2.40. The monoisotopic (exact) mass is 500 g/mol. The Kier molecular flexibility index (Phi) is 7.56. The van der Waals surface area contributed by atoms with E-state index in [0.717, 1.165) is 6.16 Å². The molecule has 4 rings (SSSR count). The first kappa shape index (κ1) is 25.7. The first-order valence-electron chi connectivity index (χ1n) is 12.7. The Morgan fingerprint density at radius 3 is 1.71 bits per heavy atom. The number of benzene rings is 3. The molecule has 35 heavy (non-hydrogen) atoms. The molecule has 0 atom stereocenters. The summed E-state index contributed by atoms with van der Waals surface area (Å²) in [5.74, 6) is -3.26. The van der Waals surface area contributed by atoms with E-state index in [9.17, 15) is 0 Å². The van der Waals surface area contributed by atoms with Crippen LogP contribution in [0.4, 0.5) is 0 Å². The van der Waals surface area contributed by atoms with Crippen LogP contribution in [0.2, 0.25) is 0 Å². The van der Waals surface area contributed by atoms with Gasteiger partial charge in [0.25, 0.3) is 0 Å². The van der Waals surface area contributed by atoms with E-state index < -0.39 is 5.96 Å². The van der Waals surface area contributed by atoms with Gasteiger partial charge in [-0.25, -0.2) is 0 Å². The number of allylic oxidation sites excluding steroid dienone is 6. The molecule has 2 heteroatoms. The van der Waals surface area contributed by atoms with Gasteiger partial charge < -0.3 is 0 Å². The van der Waals surface area contributed by atoms with E-state index in [4.69, 9.17) is 11.2 Å². The second kappa shape index (κ2) is 10.3. The Morgan fingerprint density at radius 2 is 1.29 bits per heavy atom. The third kappa shape index (κ3) is 4.97. The summed E-state index contributed by atoms with van der Waals surface area (Å²) in [7, 11) is 0. The van der Waals surface area contributed by atoms with Crippen molar-refractivity contribution in [2.24, 2.45) is 5.41 Å².